The Bertz CT molecular complexity index is 1140. The minimum absolute atomic E-state index is 0.130. The second kappa shape index (κ2) is 7.44. The van der Waals surface area contributed by atoms with Gasteiger partial charge in [0.1, 0.15) is 5.58 Å². The molecule has 0 radical (unpaired) electrons. The molecule has 0 fully saturated rings. The fourth-order valence-corrected chi connectivity index (χ4v) is 3.96. The maximum atomic E-state index is 13.5. The van der Waals surface area contributed by atoms with Crippen LogP contribution in [0.5, 0.6) is 0 Å². The molecule has 0 bridgehead atoms. The highest BCUT2D eigenvalue weighted by atomic mass is 16.3. The van der Waals surface area contributed by atoms with Crippen molar-refractivity contribution in [3.63, 3.8) is 0 Å². The second-order valence-electron chi connectivity index (χ2n) is 7.95. The van der Waals surface area contributed by atoms with Crippen LogP contribution in [0, 0.1) is 13.8 Å². The first-order chi connectivity index (χ1) is 13.9. The summed E-state index contributed by atoms with van der Waals surface area (Å²) >= 11 is 0. The number of aryl methyl sites for hydroxylation is 2. The molecular weight excluding hydrogens is 366 g/mol. The van der Waals surface area contributed by atoms with Gasteiger partial charge in [0.25, 0.3) is 5.91 Å². The minimum Gasteiger partial charge on any atom is -0.450 e. The number of carbonyl (C=O) groups excluding carboxylic acids is 1. The Balaban J connectivity index is 1.89. The third-order valence-electron chi connectivity index (χ3n) is 5.61. The van der Waals surface area contributed by atoms with Crippen LogP contribution < -0.4 is 5.43 Å². The zero-order valence-corrected chi connectivity index (χ0v) is 17.2. The Morgan fingerprint density at radius 1 is 1.10 bits per heavy atom. The molecule has 0 saturated carbocycles. The molecule has 4 rings (SSSR count). The van der Waals surface area contributed by atoms with Crippen molar-refractivity contribution in [1.82, 2.24) is 14.8 Å². The molecule has 3 heterocycles. The highest BCUT2D eigenvalue weighted by molar-refractivity contribution is 5.99. The molecule has 1 amide bonds. The molecule has 6 nitrogen and oxygen atoms in total. The molecule has 2 aromatic heterocycles. The van der Waals surface area contributed by atoms with Gasteiger partial charge >= 0.3 is 0 Å². The van der Waals surface area contributed by atoms with Gasteiger partial charge in [0.15, 0.2) is 5.43 Å². The van der Waals surface area contributed by atoms with E-state index in [4.69, 9.17) is 4.42 Å². The number of fused-ring (bicyclic) bond motifs is 2. The van der Waals surface area contributed by atoms with Crippen LogP contribution in [0.2, 0.25) is 0 Å². The normalized spacial score (nSPS) is 16.1. The van der Waals surface area contributed by atoms with Crippen LogP contribution >= 0.6 is 0 Å². The van der Waals surface area contributed by atoms with Crippen LogP contribution in [0.1, 0.15) is 45.3 Å². The zero-order chi connectivity index (χ0) is 20.7. The Labute approximate surface area is 169 Å². The molecule has 0 aliphatic carbocycles. The van der Waals surface area contributed by atoms with E-state index < -0.39 is 6.04 Å². The molecule has 0 saturated heterocycles. The van der Waals surface area contributed by atoms with Crippen molar-refractivity contribution in [3.8, 4) is 0 Å². The highest BCUT2D eigenvalue weighted by Crippen LogP contribution is 2.38. The molecule has 1 aliphatic rings. The quantitative estimate of drug-likeness (QED) is 0.668. The highest BCUT2D eigenvalue weighted by Gasteiger charge is 2.42. The number of benzene rings is 1. The van der Waals surface area contributed by atoms with Gasteiger partial charge < -0.3 is 14.2 Å². The molecule has 150 valence electrons. The second-order valence-corrected chi connectivity index (χ2v) is 7.95. The van der Waals surface area contributed by atoms with Crippen LogP contribution in [0.15, 0.2) is 45.9 Å². The van der Waals surface area contributed by atoms with Gasteiger partial charge in [0.2, 0.25) is 5.76 Å². The fourth-order valence-electron chi connectivity index (χ4n) is 3.96. The molecule has 1 aliphatic heterocycles. The van der Waals surface area contributed by atoms with E-state index in [2.05, 4.69) is 9.88 Å². The zero-order valence-electron chi connectivity index (χ0n) is 17.2. The summed E-state index contributed by atoms with van der Waals surface area (Å²) in [7, 11) is 4.01. The smallest absolute Gasteiger partial charge is 0.290 e. The summed E-state index contributed by atoms with van der Waals surface area (Å²) in [4.78, 5) is 34.7. The topological polar surface area (TPSA) is 66.7 Å². The van der Waals surface area contributed by atoms with E-state index in [-0.39, 0.29) is 17.1 Å². The first kappa shape index (κ1) is 19.3. The summed E-state index contributed by atoms with van der Waals surface area (Å²) < 4.78 is 6.03. The first-order valence-electron chi connectivity index (χ1n) is 9.82. The van der Waals surface area contributed by atoms with Crippen molar-refractivity contribution in [2.75, 3.05) is 27.2 Å². The summed E-state index contributed by atoms with van der Waals surface area (Å²) in [5, 5.41) is 0.522. The number of hydrogen-bond donors (Lipinski definition) is 0. The van der Waals surface area contributed by atoms with E-state index in [9.17, 15) is 9.59 Å². The SMILES string of the molecule is Cc1cc2oc3c(c(=O)c2cc1C)[C@H](c1ccncc1)N(CCCN(C)C)C3=O. The monoisotopic (exact) mass is 391 g/mol. The number of rotatable bonds is 5. The lowest BCUT2D eigenvalue weighted by Crippen LogP contribution is -2.32. The number of carbonyl (C=O) groups is 1. The van der Waals surface area contributed by atoms with Gasteiger partial charge in [0, 0.05) is 18.9 Å². The lowest BCUT2D eigenvalue weighted by atomic mass is 9.98. The van der Waals surface area contributed by atoms with Gasteiger partial charge in [-0.2, -0.15) is 0 Å². The van der Waals surface area contributed by atoms with Crippen molar-refractivity contribution < 1.29 is 9.21 Å². The van der Waals surface area contributed by atoms with Crippen LogP contribution in [-0.4, -0.2) is 47.9 Å². The molecule has 29 heavy (non-hydrogen) atoms. The van der Waals surface area contributed by atoms with Gasteiger partial charge in [-0.1, -0.05) is 0 Å². The van der Waals surface area contributed by atoms with Gasteiger partial charge in [-0.3, -0.25) is 14.6 Å². The van der Waals surface area contributed by atoms with E-state index >= 15 is 0 Å². The third kappa shape index (κ3) is 3.34. The summed E-state index contributed by atoms with van der Waals surface area (Å²) in [6.45, 7) is 5.34. The molecule has 1 atom stereocenters. The van der Waals surface area contributed by atoms with Crippen molar-refractivity contribution in [1.29, 1.82) is 0 Å². The number of aromatic nitrogens is 1. The van der Waals surface area contributed by atoms with Gasteiger partial charge in [-0.25, -0.2) is 0 Å². The average molecular weight is 391 g/mol. The van der Waals surface area contributed by atoms with E-state index in [0.29, 0.717) is 23.1 Å². The lowest BCUT2D eigenvalue weighted by Gasteiger charge is -2.25. The van der Waals surface area contributed by atoms with Crippen molar-refractivity contribution in [2.24, 2.45) is 0 Å². The molecular formula is C23H25N3O3. The van der Waals surface area contributed by atoms with Crippen molar-refractivity contribution in [2.45, 2.75) is 26.3 Å². The van der Waals surface area contributed by atoms with Crippen LogP contribution in [-0.2, 0) is 0 Å². The maximum Gasteiger partial charge on any atom is 0.290 e. The molecule has 0 N–H and O–H groups in total. The van der Waals surface area contributed by atoms with E-state index in [1.807, 2.05) is 52.2 Å². The van der Waals surface area contributed by atoms with Crippen LogP contribution in [0.3, 0.4) is 0 Å². The largest absolute Gasteiger partial charge is 0.450 e. The number of pyridine rings is 1. The summed E-state index contributed by atoms with van der Waals surface area (Å²) in [6, 6.07) is 6.96. The Morgan fingerprint density at radius 3 is 2.48 bits per heavy atom. The van der Waals surface area contributed by atoms with Crippen molar-refractivity contribution in [3.05, 3.63) is 74.9 Å². The summed E-state index contributed by atoms with van der Waals surface area (Å²) in [5.41, 5.74) is 3.69. The first-order valence-corrected chi connectivity index (χ1v) is 9.82. The standard InChI is InChI=1S/C23H25N3O3/c1-14-12-17-18(13-15(14)2)29-22-19(21(17)27)20(16-6-8-24-9-7-16)26(23(22)28)11-5-10-25(3)4/h6-9,12-13,20H,5,10-11H2,1-4H3/t20-/m0/s1. The van der Waals surface area contributed by atoms with Gasteiger partial charge in [-0.15, -0.1) is 0 Å². The minimum atomic E-state index is -0.454. The fraction of sp³-hybridized carbons (Fsp3) is 0.348. The Morgan fingerprint density at radius 2 is 1.79 bits per heavy atom. The predicted molar refractivity (Wildman–Crippen MR) is 112 cm³/mol. The Kier molecular flexibility index (Phi) is 4.96. The van der Waals surface area contributed by atoms with E-state index in [1.165, 1.54) is 0 Å². The third-order valence-corrected chi connectivity index (χ3v) is 5.61. The number of amides is 1. The van der Waals surface area contributed by atoms with Crippen molar-refractivity contribution >= 4 is 16.9 Å². The van der Waals surface area contributed by atoms with E-state index in [0.717, 1.165) is 29.7 Å². The summed E-state index contributed by atoms with van der Waals surface area (Å²) in [6.07, 6.45) is 4.18. The summed E-state index contributed by atoms with van der Waals surface area (Å²) in [5.74, 6) is -0.0600. The van der Waals surface area contributed by atoms with Gasteiger partial charge in [0.05, 0.1) is 17.0 Å². The average Bonchev–Trinajstić information content (AvgIpc) is 2.97. The molecule has 6 heteroatoms. The molecule has 0 unspecified atom stereocenters. The van der Waals surface area contributed by atoms with Crippen LogP contribution in [0.4, 0.5) is 0 Å². The number of hydrogen-bond acceptors (Lipinski definition) is 5. The lowest BCUT2D eigenvalue weighted by molar-refractivity contribution is 0.0722. The van der Waals surface area contributed by atoms with Gasteiger partial charge in [-0.05, 0) is 81.9 Å². The predicted octanol–water partition coefficient (Wildman–Crippen LogP) is 3.30. The van der Waals surface area contributed by atoms with Crippen LogP contribution in [0.25, 0.3) is 11.0 Å². The molecule has 1 aromatic carbocycles. The molecule has 3 aromatic rings. The number of nitrogens with zero attached hydrogens (tertiary/aromatic N) is 3. The molecule has 0 spiro atoms. The van der Waals surface area contributed by atoms with E-state index in [1.54, 1.807) is 17.3 Å². The Hall–Kier alpha value is -2.99. The maximum absolute atomic E-state index is 13.5.